The molecule has 1 saturated heterocycles. The number of hydrogen-bond donors (Lipinski definition) is 3. The van der Waals surface area contributed by atoms with Gasteiger partial charge >= 0.3 is 12.0 Å². The minimum absolute atomic E-state index is 0.0767. The van der Waals surface area contributed by atoms with Crippen molar-refractivity contribution in [3.05, 3.63) is 0 Å². The van der Waals surface area contributed by atoms with Gasteiger partial charge in [0.1, 0.15) is 6.04 Å². The summed E-state index contributed by atoms with van der Waals surface area (Å²) in [6.45, 7) is 0.647. The van der Waals surface area contributed by atoms with Gasteiger partial charge in [0.05, 0.1) is 5.92 Å². The van der Waals surface area contributed by atoms with Gasteiger partial charge < -0.3 is 20.6 Å². The Labute approximate surface area is 117 Å². The monoisotopic (exact) mass is 283 g/mol. The standard InChI is InChI=1S/C13H21N3O4/c1-16-6-5-10(11(16)17)15-13(20)14-9-4-2-3-8(7-9)12(18)19/h8-10H,2-7H2,1H3,(H,18,19)(H2,14,15,20). The predicted molar refractivity (Wildman–Crippen MR) is 71.1 cm³/mol. The predicted octanol–water partition coefficient (Wildman–Crippen LogP) is 0.160. The number of carbonyl (C=O) groups excluding carboxylic acids is 2. The fourth-order valence-corrected chi connectivity index (χ4v) is 2.89. The summed E-state index contributed by atoms with van der Waals surface area (Å²) in [5.74, 6) is -1.26. The van der Waals surface area contributed by atoms with Crippen LogP contribution < -0.4 is 10.6 Å². The van der Waals surface area contributed by atoms with Gasteiger partial charge in [0.25, 0.3) is 0 Å². The first-order valence-electron chi connectivity index (χ1n) is 7.02. The molecule has 1 aliphatic heterocycles. The number of likely N-dealkylation sites (N-methyl/N-ethyl adjacent to an activating group) is 1. The molecular weight excluding hydrogens is 262 g/mol. The van der Waals surface area contributed by atoms with Crippen molar-refractivity contribution < 1.29 is 19.5 Å². The molecule has 0 bridgehead atoms. The van der Waals surface area contributed by atoms with Gasteiger partial charge in [0, 0.05) is 19.6 Å². The molecule has 0 spiro atoms. The van der Waals surface area contributed by atoms with Gasteiger partial charge in [-0.1, -0.05) is 6.42 Å². The highest BCUT2D eigenvalue weighted by atomic mass is 16.4. The van der Waals surface area contributed by atoms with Crippen molar-refractivity contribution in [3.63, 3.8) is 0 Å². The van der Waals surface area contributed by atoms with Crippen molar-refractivity contribution >= 4 is 17.9 Å². The molecule has 0 aromatic rings. The van der Waals surface area contributed by atoms with E-state index >= 15 is 0 Å². The van der Waals surface area contributed by atoms with Crippen LogP contribution in [-0.4, -0.2) is 53.6 Å². The summed E-state index contributed by atoms with van der Waals surface area (Å²) < 4.78 is 0. The van der Waals surface area contributed by atoms with E-state index in [-0.39, 0.29) is 23.9 Å². The molecule has 112 valence electrons. The molecule has 0 radical (unpaired) electrons. The number of aliphatic carboxylic acids is 1. The fourth-order valence-electron chi connectivity index (χ4n) is 2.89. The summed E-state index contributed by atoms with van der Waals surface area (Å²) in [4.78, 5) is 36.1. The van der Waals surface area contributed by atoms with Gasteiger partial charge in [-0.05, 0) is 25.7 Å². The van der Waals surface area contributed by atoms with Crippen LogP contribution in [0.2, 0.25) is 0 Å². The molecule has 1 saturated carbocycles. The summed E-state index contributed by atoms with van der Waals surface area (Å²) in [6.07, 6.45) is 3.33. The molecule has 3 atom stereocenters. The number of rotatable bonds is 3. The Kier molecular flexibility index (Phi) is 4.46. The number of amides is 3. The molecule has 3 amide bonds. The zero-order valence-corrected chi connectivity index (χ0v) is 11.6. The van der Waals surface area contributed by atoms with E-state index in [4.69, 9.17) is 5.11 Å². The number of likely N-dealkylation sites (tertiary alicyclic amines) is 1. The number of urea groups is 1. The molecule has 3 unspecified atom stereocenters. The number of carbonyl (C=O) groups is 3. The summed E-state index contributed by atoms with van der Waals surface area (Å²) in [6, 6.07) is -0.965. The van der Waals surface area contributed by atoms with Crippen molar-refractivity contribution in [2.45, 2.75) is 44.2 Å². The summed E-state index contributed by atoms with van der Waals surface area (Å²) >= 11 is 0. The molecular formula is C13H21N3O4. The molecule has 20 heavy (non-hydrogen) atoms. The normalized spacial score (nSPS) is 30.1. The number of carboxylic acids is 1. The van der Waals surface area contributed by atoms with Crippen LogP contribution in [0.5, 0.6) is 0 Å². The van der Waals surface area contributed by atoms with Crippen LogP contribution in [0.4, 0.5) is 4.79 Å². The Balaban J connectivity index is 1.79. The van der Waals surface area contributed by atoms with E-state index in [1.807, 2.05) is 0 Å². The highest BCUT2D eigenvalue weighted by Crippen LogP contribution is 2.24. The maximum absolute atomic E-state index is 11.9. The van der Waals surface area contributed by atoms with Crippen LogP contribution in [0.3, 0.4) is 0 Å². The second kappa shape index (κ2) is 6.11. The minimum atomic E-state index is -0.801. The van der Waals surface area contributed by atoms with Gasteiger partial charge in [-0.25, -0.2) is 4.79 Å². The third-order valence-electron chi connectivity index (χ3n) is 4.09. The largest absolute Gasteiger partial charge is 0.481 e. The maximum Gasteiger partial charge on any atom is 0.315 e. The lowest BCUT2D eigenvalue weighted by Crippen LogP contribution is -2.49. The van der Waals surface area contributed by atoms with Crippen LogP contribution >= 0.6 is 0 Å². The highest BCUT2D eigenvalue weighted by molar-refractivity contribution is 5.88. The van der Waals surface area contributed by atoms with E-state index < -0.39 is 12.0 Å². The zero-order chi connectivity index (χ0) is 14.7. The smallest absolute Gasteiger partial charge is 0.315 e. The third kappa shape index (κ3) is 3.40. The molecule has 2 fully saturated rings. The van der Waals surface area contributed by atoms with E-state index in [2.05, 4.69) is 10.6 Å². The van der Waals surface area contributed by atoms with Crippen molar-refractivity contribution in [2.24, 2.45) is 5.92 Å². The lowest BCUT2D eigenvalue weighted by Gasteiger charge is -2.27. The van der Waals surface area contributed by atoms with Crippen molar-refractivity contribution in [1.29, 1.82) is 0 Å². The molecule has 0 aromatic heterocycles. The van der Waals surface area contributed by atoms with Gasteiger partial charge in [-0.2, -0.15) is 0 Å². The second-order valence-corrected chi connectivity index (χ2v) is 5.62. The number of nitrogens with one attached hydrogen (secondary N) is 2. The lowest BCUT2D eigenvalue weighted by atomic mass is 9.86. The fraction of sp³-hybridized carbons (Fsp3) is 0.769. The lowest BCUT2D eigenvalue weighted by molar-refractivity contribution is -0.143. The first-order chi connectivity index (χ1) is 9.47. The topological polar surface area (TPSA) is 98.7 Å². The third-order valence-corrected chi connectivity index (χ3v) is 4.09. The van der Waals surface area contributed by atoms with Gasteiger partial charge in [-0.3, -0.25) is 9.59 Å². The molecule has 2 rings (SSSR count). The second-order valence-electron chi connectivity index (χ2n) is 5.62. The average Bonchev–Trinajstić information content (AvgIpc) is 2.71. The quantitative estimate of drug-likeness (QED) is 0.687. The Morgan fingerprint density at radius 3 is 2.60 bits per heavy atom. The highest BCUT2D eigenvalue weighted by Gasteiger charge is 2.32. The molecule has 1 heterocycles. The van der Waals surface area contributed by atoms with Gasteiger partial charge in [0.15, 0.2) is 0 Å². The van der Waals surface area contributed by atoms with E-state index in [0.717, 1.165) is 12.8 Å². The summed E-state index contributed by atoms with van der Waals surface area (Å²) in [5.41, 5.74) is 0. The van der Waals surface area contributed by atoms with Crippen LogP contribution in [0, 0.1) is 5.92 Å². The van der Waals surface area contributed by atoms with E-state index in [1.165, 1.54) is 0 Å². The van der Waals surface area contributed by atoms with Crippen LogP contribution in [0.1, 0.15) is 32.1 Å². The van der Waals surface area contributed by atoms with Crippen molar-refractivity contribution in [3.8, 4) is 0 Å². The number of hydrogen-bond acceptors (Lipinski definition) is 3. The number of nitrogens with zero attached hydrogens (tertiary/aromatic N) is 1. The van der Waals surface area contributed by atoms with Gasteiger partial charge in [0.2, 0.25) is 5.91 Å². The maximum atomic E-state index is 11.9. The van der Waals surface area contributed by atoms with Crippen LogP contribution in [0.25, 0.3) is 0 Å². The average molecular weight is 283 g/mol. The molecule has 3 N–H and O–H groups in total. The van der Waals surface area contributed by atoms with Gasteiger partial charge in [-0.15, -0.1) is 0 Å². The SMILES string of the molecule is CN1CCC(NC(=O)NC2CCCC(C(=O)O)C2)C1=O. The Morgan fingerprint density at radius 1 is 1.25 bits per heavy atom. The first kappa shape index (κ1) is 14.6. The Morgan fingerprint density at radius 2 is 2.00 bits per heavy atom. The van der Waals surface area contributed by atoms with Crippen molar-refractivity contribution in [1.82, 2.24) is 15.5 Å². The van der Waals surface area contributed by atoms with E-state index in [1.54, 1.807) is 11.9 Å². The summed E-state index contributed by atoms with van der Waals surface area (Å²) in [7, 11) is 1.71. The zero-order valence-electron chi connectivity index (χ0n) is 11.6. The van der Waals surface area contributed by atoms with E-state index in [0.29, 0.717) is 25.8 Å². The summed E-state index contributed by atoms with van der Waals surface area (Å²) in [5, 5.41) is 14.4. The molecule has 0 aromatic carbocycles. The van der Waals surface area contributed by atoms with Crippen molar-refractivity contribution in [2.75, 3.05) is 13.6 Å². The van der Waals surface area contributed by atoms with Crippen LogP contribution in [0.15, 0.2) is 0 Å². The Bertz CT molecular complexity index is 412. The first-order valence-corrected chi connectivity index (χ1v) is 7.02. The van der Waals surface area contributed by atoms with E-state index in [9.17, 15) is 14.4 Å². The van der Waals surface area contributed by atoms with Crippen LogP contribution in [-0.2, 0) is 9.59 Å². The molecule has 2 aliphatic rings. The molecule has 1 aliphatic carbocycles. The molecule has 7 nitrogen and oxygen atoms in total. The minimum Gasteiger partial charge on any atom is -0.481 e. The number of carboxylic acid groups (broad SMARTS) is 1. The molecule has 7 heteroatoms. The Hall–Kier alpha value is -1.79.